The molecule has 5 heteroatoms. The van der Waals surface area contributed by atoms with E-state index in [1.54, 1.807) is 0 Å². The summed E-state index contributed by atoms with van der Waals surface area (Å²) in [6.45, 7) is 2.04. The molecule has 5 nitrogen and oxygen atoms in total. The maximum absolute atomic E-state index is 6.16. The Morgan fingerprint density at radius 2 is 1.65 bits per heavy atom. The van der Waals surface area contributed by atoms with Crippen LogP contribution in [0.25, 0.3) is 22.3 Å². The van der Waals surface area contributed by atoms with Crippen LogP contribution < -0.4 is 11.5 Å². The molecular weight excluding hydrogens is 322 g/mol. The Balaban J connectivity index is 1.88. The highest BCUT2D eigenvalue weighted by molar-refractivity contribution is 5.83. The number of benzene rings is 2. The van der Waals surface area contributed by atoms with E-state index in [9.17, 15) is 0 Å². The fourth-order valence-electron chi connectivity index (χ4n) is 3.05. The van der Waals surface area contributed by atoms with E-state index in [1.165, 1.54) is 0 Å². The van der Waals surface area contributed by atoms with E-state index in [0.29, 0.717) is 12.1 Å². The first-order valence-electron chi connectivity index (χ1n) is 8.44. The van der Waals surface area contributed by atoms with Crippen LogP contribution in [0.4, 0.5) is 11.6 Å². The highest BCUT2D eigenvalue weighted by Gasteiger charge is 2.12. The minimum absolute atomic E-state index is 0.257. The zero-order chi connectivity index (χ0) is 18.1. The van der Waals surface area contributed by atoms with Crippen molar-refractivity contribution in [1.29, 1.82) is 0 Å². The van der Waals surface area contributed by atoms with Crippen LogP contribution >= 0.6 is 0 Å². The fourth-order valence-corrected chi connectivity index (χ4v) is 3.05. The summed E-state index contributed by atoms with van der Waals surface area (Å²) in [5, 5.41) is 0. The maximum Gasteiger partial charge on any atom is 0.220 e. The van der Waals surface area contributed by atoms with Gasteiger partial charge in [-0.1, -0.05) is 42.0 Å². The molecule has 2 heterocycles. The Labute approximate surface area is 151 Å². The highest BCUT2D eigenvalue weighted by Crippen LogP contribution is 2.28. The average molecular weight is 341 g/mol. The number of rotatable bonds is 3. The van der Waals surface area contributed by atoms with Crippen molar-refractivity contribution in [3.8, 4) is 11.3 Å². The standard InChI is InChI=1S/C21H19N5/c1-13-7-8-16(22)15(11-13)17-9-10-18-20(24-17)19(26-21(23)25-18)12-14-5-3-2-4-6-14/h2-11H,12,22H2,1H3,(H2,23,25,26). The van der Waals surface area contributed by atoms with E-state index in [-0.39, 0.29) is 5.95 Å². The van der Waals surface area contributed by atoms with E-state index in [2.05, 4.69) is 22.1 Å². The number of nitrogen functional groups attached to an aromatic ring is 2. The number of anilines is 2. The molecule has 0 aliphatic rings. The highest BCUT2D eigenvalue weighted by atomic mass is 15.0. The fraction of sp³-hybridized carbons (Fsp3) is 0.0952. The topological polar surface area (TPSA) is 90.7 Å². The summed E-state index contributed by atoms with van der Waals surface area (Å²) in [5.74, 6) is 0.257. The van der Waals surface area contributed by atoms with Gasteiger partial charge in [-0.2, -0.15) is 0 Å². The quantitative estimate of drug-likeness (QED) is 0.554. The third-order valence-corrected chi connectivity index (χ3v) is 4.33. The maximum atomic E-state index is 6.16. The molecule has 4 rings (SSSR count). The first-order valence-corrected chi connectivity index (χ1v) is 8.44. The molecule has 0 amide bonds. The van der Waals surface area contributed by atoms with E-state index >= 15 is 0 Å². The molecule has 26 heavy (non-hydrogen) atoms. The van der Waals surface area contributed by atoms with E-state index in [1.807, 2.05) is 55.5 Å². The van der Waals surface area contributed by atoms with Crippen LogP contribution in [0.15, 0.2) is 60.7 Å². The van der Waals surface area contributed by atoms with Crippen LogP contribution in [0, 0.1) is 6.92 Å². The van der Waals surface area contributed by atoms with Crippen molar-refractivity contribution in [2.45, 2.75) is 13.3 Å². The van der Waals surface area contributed by atoms with Crippen molar-refractivity contribution in [2.24, 2.45) is 0 Å². The number of pyridine rings is 1. The summed E-state index contributed by atoms with van der Waals surface area (Å²) < 4.78 is 0. The number of aryl methyl sites for hydroxylation is 1. The van der Waals surface area contributed by atoms with Gasteiger partial charge < -0.3 is 11.5 Å². The van der Waals surface area contributed by atoms with Gasteiger partial charge in [-0.3, -0.25) is 0 Å². The molecule has 4 N–H and O–H groups in total. The first-order chi connectivity index (χ1) is 12.6. The predicted octanol–water partition coefficient (Wildman–Crippen LogP) is 3.76. The molecule has 2 aromatic carbocycles. The van der Waals surface area contributed by atoms with Gasteiger partial charge in [0, 0.05) is 17.7 Å². The van der Waals surface area contributed by atoms with Crippen molar-refractivity contribution < 1.29 is 0 Å². The van der Waals surface area contributed by atoms with Crippen molar-refractivity contribution >= 4 is 22.7 Å². The van der Waals surface area contributed by atoms with Gasteiger partial charge in [-0.05, 0) is 36.8 Å². The molecule has 128 valence electrons. The number of hydrogen-bond donors (Lipinski definition) is 2. The molecule has 0 aliphatic heterocycles. The van der Waals surface area contributed by atoms with E-state index in [4.69, 9.17) is 16.5 Å². The molecule has 0 saturated heterocycles. The lowest BCUT2D eigenvalue weighted by atomic mass is 10.0. The third kappa shape index (κ3) is 3.07. The lowest BCUT2D eigenvalue weighted by Gasteiger charge is -2.10. The summed E-state index contributed by atoms with van der Waals surface area (Å²) in [7, 11) is 0. The summed E-state index contributed by atoms with van der Waals surface area (Å²) >= 11 is 0. The molecule has 4 aromatic rings. The Bertz CT molecular complexity index is 1090. The zero-order valence-electron chi connectivity index (χ0n) is 14.5. The third-order valence-electron chi connectivity index (χ3n) is 4.33. The number of nitrogens with zero attached hydrogens (tertiary/aromatic N) is 3. The molecule has 0 spiro atoms. The van der Waals surface area contributed by atoms with Gasteiger partial charge in [-0.25, -0.2) is 15.0 Å². The van der Waals surface area contributed by atoms with Gasteiger partial charge in [0.05, 0.1) is 16.9 Å². The summed E-state index contributed by atoms with van der Waals surface area (Å²) in [4.78, 5) is 13.6. The van der Waals surface area contributed by atoms with Gasteiger partial charge in [0.25, 0.3) is 0 Å². The Morgan fingerprint density at radius 3 is 2.46 bits per heavy atom. The van der Waals surface area contributed by atoms with Crippen LogP contribution in [-0.4, -0.2) is 15.0 Å². The molecular formula is C21H19N5. The van der Waals surface area contributed by atoms with E-state index < -0.39 is 0 Å². The molecule has 0 radical (unpaired) electrons. The second-order valence-corrected chi connectivity index (χ2v) is 6.35. The van der Waals surface area contributed by atoms with Crippen LogP contribution in [0.2, 0.25) is 0 Å². The molecule has 0 saturated carbocycles. The van der Waals surface area contributed by atoms with Crippen LogP contribution in [0.3, 0.4) is 0 Å². The molecule has 0 atom stereocenters. The molecule has 0 aliphatic carbocycles. The Morgan fingerprint density at radius 1 is 0.846 bits per heavy atom. The second-order valence-electron chi connectivity index (χ2n) is 6.35. The van der Waals surface area contributed by atoms with Crippen LogP contribution in [0.1, 0.15) is 16.8 Å². The predicted molar refractivity (Wildman–Crippen MR) is 106 cm³/mol. The van der Waals surface area contributed by atoms with Gasteiger partial charge in [0.15, 0.2) is 0 Å². The number of aromatic nitrogens is 3. The molecule has 0 unspecified atom stereocenters. The summed E-state index contributed by atoms with van der Waals surface area (Å²) in [6, 6.07) is 19.9. The number of fused-ring (bicyclic) bond motifs is 1. The Kier molecular flexibility index (Phi) is 3.97. The lowest BCUT2D eigenvalue weighted by Crippen LogP contribution is -2.04. The summed E-state index contributed by atoms with van der Waals surface area (Å²) in [5.41, 5.74) is 19.1. The normalized spacial score (nSPS) is 11.0. The van der Waals surface area contributed by atoms with Crippen molar-refractivity contribution in [2.75, 3.05) is 11.5 Å². The second kappa shape index (κ2) is 6.44. The van der Waals surface area contributed by atoms with Crippen molar-refractivity contribution in [1.82, 2.24) is 15.0 Å². The SMILES string of the molecule is Cc1ccc(N)c(-c2ccc3nc(N)nc(Cc4ccccc4)c3n2)c1. The number of nitrogens with two attached hydrogens (primary N) is 2. The smallest absolute Gasteiger partial charge is 0.220 e. The van der Waals surface area contributed by atoms with Crippen molar-refractivity contribution in [3.05, 3.63) is 77.5 Å². The molecule has 0 fully saturated rings. The molecule has 0 bridgehead atoms. The first kappa shape index (κ1) is 16.0. The van der Waals surface area contributed by atoms with Gasteiger partial charge in [0.1, 0.15) is 5.52 Å². The largest absolute Gasteiger partial charge is 0.398 e. The molecule has 2 aromatic heterocycles. The minimum Gasteiger partial charge on any atom is -0.398 e. The van der Waals surface area contributed by atoms with Crippen LogP contribution in [0.5, 0.6) is 0 Å². The van der Waals surface area contributed by atoms with Gasteiger partial charge in [-0.15, -0.1) is 0 Å². The lowest BCUT2D eigenvalue weighted by molar-refractivity contribution is 1.06. The zero-order valence-corrected chi connectivity index (χ0v) is 14.5. The minimum atomic E-state index is 0.257. The Hall–Kier alpha value is -3.47. The van der Waals surface area contributed by atoms with Crippen LogP contribution in [-0.2, 0) is 6.42 Å². The van der Waals surface area contributed by atoms with E-state index in [0.717, 1.165) is 39.1 Å². The van der Waals surface area contributed by atoms with Gasteiger partial charge >= 0.3 is 0 Å². The van der Waals surface area contributed by atoms with Crippen molar-refractivity contribution in [3.63, 3.8) is 0 Å². The monoisotopic (exact) mass is 341 g/mol. The summed E-state index contributed by atoms with van der Waals surface area (Å²) in [6.07, 6.45) is 0.643. The average Bonchev–Trinajstić information content (AvgIpc) is 2.64. The number of hydrogen-bond acceptors (Lipinski definition) is 5. The van der Waals surface area contributed by atoms with Gasteiger partial charge in [0.2, 0.25) is 5.95 Å².